The molecular weight excluding hydrogens is 335 g/mol. The van der Waals surface area contributed by atoms with E-state index in [1.165, 1.54) is 3.57 Å². The zero-order valence-corrected chi connectivity index (χ0v) is 12.8. The fourth-order valence-corrected chi connectivity index (χ4v) is 2.46. The molecule has 0 aliphatic rings. The predicted octanol–water partition coefficient (Wildman–Crippen LogP) is 4.30. The van der Waals surface area contributed by atoms with Crippen LogP contribution in [0.2, 0.25) is 0 Å². The van der Waals surface area contributed by atoms with Gasteiger partial charge in [-0.25, -0.2) is 0 Å². The van der Waals surface area contributed by atoms with Crippen LogP contribution in [0.1, 0.15) is 30.9 Å². The lowest BCUT2D eigenvalue weighted by molar-refractivity contribution is 0.0324. The van der Waals surface area contributed by atoms with E-state index in [4.69, 9.17) is 0 Å². The Morgan fingerprint density at radius 1 is 1.00 bits per heavy atom. The van der Waals surface area contributed by atoms with Gasteiger partial charge >= 0.3 is 0 Å². The van der Waals surface area contributed by atoms with Crippen molar-refractivity contribution >= 4 is 22.6 Å². The smallest absolute Gasteiger partial charge is 0.0934 e. The van der Waals surface area contributed by atoms with Gasteiger partial charge in [0.2, 0.25) is 0 Å². The lowest BCUT2D eigenvalue weighted by Gasteiger charge is -2.31. The molecule has 0 bridgehead atoms. The van der Waals surface area contributed by atoms with Crippen molar-refractivity contribution in [3.05, 3.63) is 69.3 Å². The average Bonchev–Trinajstić information content (AvgIpc) is 2.39. The van der Waals surface area contributed by atoms with Crippen LogP contribution in [0.3, 0.4) is 0 Å². The van der Waals surface area contributed by atoms with E-state index < -0.39 is 5.60 Å². The van der Waals surface area contributed by atoms with Gasteiger partial charge in [0.05, 0.1) is 5.60 Å². The number of hydrogen-bond donors (Lipinski definition) is 1. The molecule has 0 saturated carbocycles. The quantitative estimate of drug-likeness (QED) is 0.817. The van der Waals surface area contributed by atoms with Gasteiger partial charge in [-0.3, -0.25) is 0 Å². The van der Waals surface area contributed by atoms with E-state index in [1.54, 1.807) is 0 Å². The number of aliphatic hydroxyl groups is 1. The van der Waals surface area contributed by atoms with Crippen molar-refractivity contribution in [3.63, 3.8) is 0 Å². The third kappa shape index (κ3) is 2.75. The second-order valence-electron chi connectivity index (χ2n) is 4.79. The molecule has 0 saturated heterocycles. The average molecular weight is 352 g/mol. The molecule has 0 radical (unpaired) electrons. The highest BCUT2D eigenvalue weighted by atomic mass is 127. The van der Waals surface area contributed by atoms with Gasteiger partial charge in [-0.05, 0) is 52.8 Å². The second-order valence-corrected chi connectivity index (χ2v) is 6.03. The van der Waals surface area contributed by atoms with Crippen LogP contribution in [0.25, 0.3) is 0 Å². The zero-order chi connectivity index (χ0) is 13.2. The van der Waals surface area contributed by atoms with E-state index >= 15 is 0 Å². The third-order valence-corrected chi connectivity index (χ3v) is 4.29. The highest BCUT2D eigenvalue weighted by Gasteiger charge is 2.31. The Labute approximate surface area is 122 Å². The van der Waals surface area contributed by atoms with Crippen molar-refractivity contribution in [2.45, 2.75) is 25.4 Å². The van der Waals surface area contributed by atoms with Crippen molar-refractivity contribution in [2.75, 3.05) is 0 Å². The van der Waals surface area contributed by atoms with E-state index in [9.17, 15) is 5.11 Å². The summed E-state index contributed by atoms with van der Waals surface area (Å²) in [7, 11) is 0. The van der Waals surface area contributed by atoms with Gasteiger partial charge in [0.1, 0.15) is 0 Å². The largest absolute Gasteiger partial charge is 0.385 e. The molecular formula is C16H17IO. The predicted molar refractivity (Wildman–Crippen MR) is 83.6 cm³/mol. The monoisotopic (exact) mass is 352 g/mol. The first kappa shape index (κ1) is 13.6. The first-order valence-corrected chi connectivity index (χ1v) is 7.13. The lowest BCUT2D eigenvalue weighted by Crippen LogP contribution is -2.28. The molecule has 0 amide bonds. The molecule has 2 atom stereocenters. The Morgan fingerprint density at radius 2 is 1.56 bits per heavy atom. The minimum atomic E-state index is -0.855. The topological polar surface area (TPSA) is 20.2 Å². The molecule has 0 spiro atoms. The Morgan fingerprint density at radius 3 is 2.11 bits per heavy atom. The Bertz CT molecular complexity index is 502. The van der Waals surface area contributed by atoms with E-state index in [2.05, 4.69) is 41.6 Å². The van der Waals surface area contributed by atoms with Crippen LogP contribution in [-0.4, -0.2) is 5.11 Å². The summed E-state index contributed by atoms with van der Waals surface area (Å²) in [5.41, 5.74) is 1.26. The molecule has 2 heteroatoms. The Balaban J connectivity index is 2.33. The highest BCUT2D eigenvalue weighted by molar-refractivity contribution is 14.1. The van der Waals surface area contributed by atoms with Crippen molar-refractivity contribution in [2.24, 2.45) is 0 Å². The molecule has 94 valence electrons. The summed E-state index contributed by atoms with van der Waals surface area (Å²) in [5, 5.41) is 10.8. The Kier molecular flexibility index (Phi) is 4.07. The summed E-state index contributed by atoms with van der Waals surface area (Å²) in [6.45, 7) is 3.94. The van der Waals surface area contributed by atoms with Gasteiger partial charge in [0.15, 0.2) is 0 Å². The maximum absolute atomic E-state index is 10.8. The summed E-state index contributed by atoms with van der Waals surface area (Å²) in [6.07, 6.45) is 0. The molecule has 18 heavy (non-hydrogen) atoms. The minimum absolute atomic E-state index is 0.0544. The highest BCUT2D eigenvalue weighted by Crippen LogP contribution is 2.36. The first-order valence-electron chi connectivity index (χ1n) is 6.05. The van der Waals surface area contributed by atoms with Crippen LogP contribution in [0.5, 0.6) is 0 Å². The summed E-state index contributed by atoms with van der Waals surface area (Å²) >= 11 is 2.27. The van der Waals surface area contributed by atoms with Crippen molar-refractivity contribution < 1.29 is 5.11 Å². The minimum Gasteiger partial charge on any atom is -0.385 e. The molecule has 2 rings (SSSR count). The maximum atomic E-state index is 10.8. The molecule has 0 heterocycles. The fourth-order valence-electron chi connectivity index (χ4n) is 2.10. The molecule has 2 aromatic carbocycles. The first-order chi connectivity index (χ1) is 8.51. The second kappa shape index (κ2) is 5.41. The van der Waals surface area contributed by atoms with Gasteiger partial charge in [0.25, 0.3) is 0 Å². The zero-order valence-electron chi connectivity index (χ0n) is 10.6. The van der Waals surface area contributed by atoms with Crippen LogP contribution < -0.4 is 0 Å². The summed E-state index contributed by atoms with van der Waals surface area (Å²) < 4.78 is 1.18. The van der Waals surface area contributed by atoms with Crippen LogP contribution in [0.15, 0.2) is 54.6 Å². The van der Waals surface area contributed by atoms with Crippen molar-refractivity contribution in [1.82, 2.24) is 0 Å². The molecule has 0 unspecified atom stereocenters. The number of benzene rings is 2. The van der Waals surface area contributed by atoms with Crippen molar-refractivity contribution in [3.8, 4) is 0 Å². The summed E-state index contributed by atoms with van der Waals surface area (Å²) in [4.78, 5) is 0. The van der Waals surface area contributed by atoms with E-state index in [1.807, 2.05) is 49.4 Å². The van der Waals surface area contributed by atoms with E-state index in [-0.39, 0.29) is 5.92 Å². The third-order valence-electron chi connectivity index (χ3n) is 3.57. The number of halogens is 1. The standard InChI is InChI=1S/C16H17IO/c1-12(13-6-4-3-5-7-13)16(2,18)14-8-10-15(17)11-9-14/h3-12,18H,1-2H3/t12-,16-/m0/s1. The van der Waals surface area contributed by atoms with Gasteiger partial charge in [-0.1, -0.05) is 49.4 Å². The van der Waals surface area contributed by atoms with Crippen molar-refractivity contribution in [1.29, 1.82) is 0 Å². The maximum Gasteiger partial charge on any atom is 0.0934 e. The number of rotatable bonds is 3. The summed E-state index contributed by atoms with van der Waals surface area (Å²) in [6, 6.07) is 18.2. The van der Waals surface area contributed by atoms with Gasteiger partial charge < -0.3 is 5.11 Å². The SMILES string of the molecule is C[C@@H](c1ccccc1)[C@](C)(O)c1ccc(I)cc1. The van der Waals surface area contributed by atoms with Crippen LogP contribution in [0, 0.1) is 3.57 Å². The fraction of sp³-hybridized carbons (Fsp3) is 0.250. The molecule has 1 nitrogen and oxygen atoms in total. The van der Waals surface area contributed by atoms with Crippen LogP contribution in [-0.2, 0) is 5.60 Å². The number of hydrogen-bond acceptors (Lipinski definition) is 1. The molecule has 0 aliphatic carbocycles. The van der Waals surface area contributed by atoms with Gasteiger partial charge in [-0.2, -0.15) is 0 Å². The molecule has 1 N–H and O–H groups in total. The Hall–Kier alpha value is -0.870. The summed E-state index contributed by atoms with van der Waals surface area (Å²) in [5.74, 6) is 0.0544. The molecule has 2 aromatic rings. The van der Waals surface area contributed by atoms with Crippen LogP contribution in [0.4, 0.5) is 0 Å². The van der Waals surface area contributed by atoms with Gasteiger partial charge in [0, 0.05) is 9.49 Å². The normalized spacial score (nSPS) is 16.0. The van der Waals surface area contributed by atoms with E-state index in [0.29, 0.717) is 0 Å². The lowest BCUT2D eigenvalue weighted by atomic mass is 9.80. The van der Waals surface area contributed by atoms with E-state index in [0.717, 1.165) is 11.1 Å². The van der Waals surface area contributed by atoms with Crippen LogP contribution >= 0.6 is 22.6 Å². The molecule has 0 fully saturated rings. The van der Waals surface area contributed by atoms with Gasteiger partial charge in [-0.15, -0.1) is 0 Å². The molecule has 0 aliphatic heterocycles. The molecule has 0 aromatic heterocycles.